The molecule has 0 aromatic carbocycles. The molecular weight excluding hydrogens is 253 g/mol. The normalized spacial score (nSPS) is 13.7. The van der Waals surface area contributed by atoms with Gasteiger partial charge in [0.25, 0.3) is 0 Å². The summed E-state index contributed by atoms with van der Waals surface area (Å²) in [6.07, 6.45) is -11.6. The highest BCUT2D eigenvalue weighted by Crippen LogP contribution is 2.46. The zero-order valence-electron chi connectivity index (χ0n) is 7.36. The van der Waals surface area contributed by atoms with Gasteiger partial charge in [-0.2, -0.15) is 35.6 Å². The largest absolute Gasteiger partial charge is 0.462 e. The molecule has 0 radical (unpaired) electrons. The fourth-order valence-electron chi connectivity index (χ4n) is 0.430. The topological polar surface area (TPSA) is 27.7 Å². The summed E-state index contributed by atoms with van der Waals surface area (Å²) < 4.78 is 86.2. The maximum absolute atomic E-state index is 12.3. The third-order valence-corrected chi connectivity index (χ3v) is 1.15. The Balaban J connectivity index is 4.46. The van der Waals surface area contributed by atoms with E-state index in [4.69, 9.17) is 0 Å². The molecule has 0 fully saturated rings. The smallest absolute Gasteiger partial charge is 0.344 e. The van der Waals surface area contributed by atoms with E-state index in [1.807, 2.05) is 0 Å². The van der Waals surface area contributed by atoms with Gasteiger partial charge in [0.1, 0.15) is 6.26 Å². The Morgan fingerprint density at radius 1 is 1.00 bits per heavy atom. The van der Waals surface area contributed by atoms with Gasteiger partial charge in [-0.1, -0.05) is 6.58 Å². The first-order chi connectivity index (χ1) is 7.06. The van der Waals surface area contributed by atoms with Crippen LogP contribution in [0.4, 0.5) is 30.7 Å². The molecule has 0 aliphatic carbocycles. The number of ether oxygens (including phenoxy) is 1. The fourth-order valence-corrected chi connectivity index (χ4v) is 0.430. The first kappa shape index (κ1) is 15.0. The summed E-state index contributed by atoms with van der Waals surface area (Å²) in [7, 11) is 0. The van der Waals surface area contributed by atoms with Crippen molar-refractivity contribution in [2.24, 2.45) is 0 Å². The van der Waals surface area contributed by atoms with Crippen molar-refractivity contribution in [3.8, 4) is 0 Å². The second-order valence-corrected chi connectivity index (χ2v) is 2.23. The third-order valence-electron chi connectivity index (χ3n) is 1.15. The van der Waals surface area contributed by atoms with Gasteiger partial charge >= 0.3 is 18.2 Å². The molecule has 16 heavy (non-hydrogen) atoms. The summed E-state index contributed by atoms with van der Waals surface area (Å²) in [5.74, 6) is -6.34. The minimum atomic E-state index is -6.45. The van der Waals surface area contributed by atoms with Crippen molar-refractivity contribution in [3.63, 3.8) is 0 Å². The lowest BCUT2D eigenvalue weighted by Crippen LogP contribution is -2.53. The summed E-state index contributed by atoms with van der Waals surface area (Å²) in [6, 6.07) is 0. The van der Waals surface area contributed by atoms with Crippen LogP contribution in [0.15, 0.2) is 12.8 Å². The van der Waals surface area contributed by atoms with E-state index in [1.54, 1.807) is 0 Å². The highest BCUT2D eigenvalue weighted by molar-refractivity contribution is 4.84. The van der Waals surface area contributed by atoms with Gasteiger partial charge in [-0.3, -0.25) is 4.74 Å². The molecule has 0 N–H and O–H groups in total. The Morgan fingerprint density at radius 2 is 1.50 bits per heavy atom. The lowest BCUT2D eigenvalue weighted by Gasteiger charge is -2.26. The Bertz CT molecular complexity index is 237. The molecule has 0 spiro atoms. The zero-order chi connectivity index (χ0) is 13.0. The summed E-state index contributed by atoms with van der Waals surface area (Å²) in [5.41, 5.74) is 0. The first-order valence-corrected chi connectivity index (χ1v) is 3.41. The van der Waals surface area contributed by atoms with Crippen molar-refractivity contribution in [1.29, 1.82) is 0 Å². The van der Waals surface area contributed by atoms with Gasteiger partial charge in [-0.15, -0.1) is 0 Å². The van der Waals surface area contributed by atoms with E-state index in [9.17, 15) is 30.7 Å². The molecule has 0 unspecified atom stereocenters. The molecule has 0 heterocycles. The highest BCUT2D eigenvalue weighted by Gasteiger charge is 2.74. The number of rotatable bonds is 6. The van der Waals surface area contributed by atoms with Crippen molar-refractivity contribution < 1.29 is 45.2 Å². The van der Waals surface area contributed by atoms with Gasteiger partial charge in [-0.05, 0) is 0 Å². The quantitative estimate of drug-likeness (QED) is 0.183. The Labute approximate surface area is 84.3 Å². The number of halogens is 7. The van der Waals surface area contributed by atoms with Crippen molar-refractivity contribution in [1.82, 2.24) is 0 Å². The van der Waals surface area contributed by atoms with E-state index in [0.717, 1.165) is 0 Å². The van der Waals surface area contributed by atoms with Crippen LogP contribution in [0.5, 0.6) is 0 Å². The SMILES string of the molecule is C=COOCOC(F)(F)C(F)(F)C(F)(F)F. The molecule has 0 saturated carbocycles. The predicted molar refractivity (Wildman–Crippen MR) is 34.3 cm³/mol. The predicted octanol–water partition coefficient (Wildman–Crippen LogP) is 2.84. The molecule has 0 aliphatic rings. The van der Waals surface area contributed by atoms with Gasteiger partial charge < -0.3 is 4.89 Å². The number of alkyl halides is 7. The summed E-state index contributed by atoms with van der Waals surface area (Å²) in [5, 5.41) is 0. The summed E-state index contributed by atoms with van der Waals surface area (Å²) >= 11 is 0. The van der Waals surface area contributed by atoms with E-state index >= 15 is 0 Å². The van der Waals surface area contributed by atoms with Gasteiger partial charge in [-0.25, -0.2) is 0 Å². The van der Waals surface area contributed by atoms with Crippen LogP contribution < -0.4 is 0 Å². The van der Waals surface area contributed by atoms with Crippen LogP contribution in [0, 0.1) is 0 Å². The van der Waals surface area contributed by atoms with Gasteiger partial charge in [0.05, 0.1) is 0 Å². The Morgan fingerprint density at radius 3 is 1.88 bits per heavy atom. The molecule has 10 heteroatoms. The van der Waals surface area contributed by atoms with Crippen LogP contribution in [-0.2, 0) is 14.5 Å². The lowest BCUT2D eigenvalue weighted by molar-refractivity contribution is -0.450. The van der Waals surface area contributed by atoms with E-state index in [2.05, 4.69) is 21.1 Å². The Hall–Kier alpha value is -1.03. The minimum Gasteiger partial charge on any atom is -0.344 e. The van der Waals surface area contributed by atoms with Crippen LogP contribution in [0.1, 0.15) is 0 Å². The summed E-state index contributed by atoms with van der Waals surface area (Å²) in [4.78, 5) is 7.31. The Kier molecular flexibility index (Phi) is 4.56. The second kappa shape index (κ2) is 4.87. The summed E-state index contributed by atoms with van der Waals surface area (Å²) in [6.45, 7) is 1.23. The van der Waals surface area contributed by atoms with Crippen molar-refractivity contribution >= 4 is 0 Å². The van der Waals surface area contributed by atoms with Crippen molar-refractivity contribution in [3.05, 3.63) is 12.8 Å². The van der Waals surface area contributed by atoms with Crippen LogP contribution in [0.25, 0.3) is 0 Å². The first-order valence-electron chi connectivity index (χ1n) is 3.41. The van der Waals surface area contributed by atoms with Crippen LogP contribution in [0.2, 0.25) is 0 Å². The maximum atomic E-state index is 12.3. The maximum Gasteiger partial charge on any atom is 0.462 e. The minimum absolute atomic E-state index is 0.573. The molecule has 3 nitrogen and oxygen atoms in total. The van der Waals surface area contributed by atoms with E-state index in [0.29, 0.717) is 6.26 Å². The van der Waals surface area contributed by atoms with E-state index < -0.39 is 25.0 Å². The molecule has 0 bridgehead atoms. The number of hydrogen-bond acceptors (Lipinski definition) is 3. The van der Waals surface area contributed by atoms with Crippen LogP contribution in [-0.4, -0.2) is 25.0 Å². The standard InChI is InChI=1S/C6H5F7O3/c1-2-15-16-3-14-6(12,13)4(7,8)5(9,10)11/h2H,1,3H2. The molecule has 0 rings (SSSR count). The van der Waals surface area contributed by atoms with Crippen molar-refractivity contribution in [2.45, 2.75) is 18.2 Å². The molecule has 96 valence electrons. The van der Waals surface area contributed by atoms with Crippen LogP contribution >= 0.6 is 0 Å². The molecule has 0 aliphatic heterocycles. The fraction of sp³-hybridized carbons (Fsp3) is 0.667. The monoisotopic (exact) mass is 258 g/mol. The molecule has 0 aromatic heterocycles. The zero-order valence-corrected chi connectivity index (χ0v) is 7.36. The second-order valence-electron chi connectivity index (χ2n) is 2.23. The van der Waals surface area contributed by atoms with Crippen LogP contribution in [0.3, 0.4) is 0 Å². The number of hydrogen-bond donors (Lipinski definition) is 0. The van der Waals surface area contributed by atoms with E-state index in [1.165, 1.54) is 0 Å². The van der Waals surface area contributed by atoms with Gasteiger partial charge in [0.2, 0.25) is 0 Å². The van der Waals surface area contributed by atoms with Crippen molar-refractivity contribution in [2.75, 3.05) is 6.79 Å². The molecule has 0 atom stereocenters. The average Bonchev–Trinajstić information content (AvgIpc) is 2.10. The lowest BCUT2D eigenvalue weighted by atomic mass is 10.3. The van der Waals surface area contributed by atoms with Gasteiger partial charge in [0, 0.05) is 0 Å². The van der Waals surface area contributed by atoms with E-state index in [-0.39, 0.29) is 0 Å². The third kappa shape index (κ3) is 3.23. The molecule has 0 aromatic rings. The average molecular weight is 258 g/mol. The van der Waals surface area contributed by atoms with Gasteiger partial charge in [0.15, 0.2) is 6.79 Å². The molecule has 0 saturated heterocycles. The molecular formula is C6H5F7O3. The highest BCUT2D eigenvalue weighted by atomic mass is 19.4. The molecule has 0 amide bonds.